The van der Waals surface area contributed by atoms with Gasteiger partial charge in [0.2, 0.25) is 0 Å². The fourth-order valence-electron chi connectivity index (χ4n) is 2.17. The van der Waals surface area contributed by atoms with Gasteiger partial charge in [-0.3, -0.25) is 4.79 Å². The van der Waals surface area contributed by atoms with E-state index in [1.807, 2.05) is 29.9 Å². The number of halogens is 1. The van der Waals surface area contributed by atoms with Crippen molar-refractivity contribution in [2.45, 2.75) is 25.6 Å². The molecule has 5 nitrogen and oxygen atoms in total. The van der Waals surface area contributed by atoms with E-state index in [0.29, 0.717) is 10.8 Å². The molecule has 1 atom stereocenters. The molecule has 0 saturated carbocycles. The number of carbonyl (C=O) groups excluding carboxylic acids is 1. The van der Waals surface area contributed by atoms with E-state index < -0.39 is 11.7 Å². The van der Waals surface area contributed by atoms with Gasteiger partial charge in [-0.1, -0.05) is 11.6 Å². The summed E-state index contributed by atoms with van der Waals surface area (Å²) in [6.45, 7) is 3.46. The third kappa shape index (κ3) is 4.50. The number of aliphatic hydroxyl groups excluding tert-OH is 1. The maximum atomic E-state index is 12.3. The van der Waals surface area contributed by atoms with Gasteiger partial charge in [0.05, 0.1) is 0 Å². The first-order valence-electron chi connectivity index (χ1n) is 7.32. The van der Waals surface area contributed by atoms with Crippen LogP contribution in [0.2, 0.25) is 5.02 Å². The fraction of sp³-hybridized carbons (Fsp3) is 0.353. The van der Waals surface area contributed by atoms with Gasteiger partial charge in [0.1, 0.15) is 11.9 Å². The van der Waals surface area contributed by atoms with Crippen LogP contribution >= 0.6 is 11.6 Å². The van der Waals surface area contributed by atoms with E-state index in [1.54, 1.807) is 38.1 Å². The van der Waals surface area contributed by atoms with Crippen LogP contribution in [0.25, 0.3) is 0 Å². The molecule has 0 unspecified atom stereocenters. The standard InChI is InChI=1S/C17H21ClN2O3/c1-17(2,23-13-8-6-12(18)7-9-13)16(22)19-11-15(21)14-5-4-10-20(14)3/h4-10,15,21H,11H2,1-3H3,(H,19,22)/t15-/m1/s1. The highest BCUT2D eigenvalue weighted by molar-refractivity contribution is 6.30. The van der Waals surface area contributed by atoms with E-state index in [1.165, 1.54) is 0 Å². The predicted molar refractivity (Wildman–Crippen MR) is 89.5 cm³/mol. The number of ether oxygens (including phenoxy) is 1. The topological polar surface area (TPSA) is 63.5 Å². The Morgan fingerprint density at radius 2 is 2.00 bits per heavy atom. The maximum Gasteiger partial charge on any atom is 0.263 e. The number of rotatable bonds is 6. The lowest BCUT2D eigenvalue weighted by Gasteiger charge is -2.26. The number of carbonyl (C=O) groups is 1. The summed E-state index contributed by atoms with van der Waals surface area (Å²) in [5.41, 5.74) is -0.330. The molecule has 0 fully saturated rings. The molecule has 2 aromatic rings. The predicted octanol–water partition coefficient (Wildman–Crippen LogP) is 2.69. The first-order chi connectivity index (χ1) is 10.8. The Morgan fingerprint density at radius 1 is 1.35 bits per heavy atom. The van der Waals surface area contributed by atoms with Crippen molar-refractivity contribution in [3.63, 3.8) is 0 Å². The summed E-state index contributed by atoms with van der Waals surface area (Å²) in [7, 11) is 1.84. The van der Waals surface area contributed by atoms with Crippen LogP contribution in [0, 0.1) is 0 Å². The second kappa shape index (κ2) is 7.06. The molecule has 0 radical (unpaired) electrons. The Labute approximate surface area is 140 Å². The summed E-state index contributed by atoms with van der Waals surface area (Å²) >= 11 is 5.83. The monoisotopic (exact) mass is 336 g/mol. The summed E-state index contributed by atoms with van der Waals surface area (Å²) in [6.07, 6.45) is 1.07. The molecule has 124 valence electrons. The first kappa shape index (κ1) is 17.4. The second-order valence-corrected chi connectivity index (χ2v) is 6.27. The average molecular weight is 337 g/mol. The molecule has 23 heavy (non-hydrogen) atoms. The van der Waals surface area contributed by atoms with Crippen LogP contribution in [0.5, 0.6) is 5.75 Å². The van der Waals surface area contributed by atoms with Gasteiger partial charge < -0.3 is 19.7 Å². The van der Waals surface area contributed by atoms with Crippen LogP contribution < -0.4 is 10.1 Å². The van der Waals surface area contributed by atoms with Gasteiger partial charge in [-0.05, 0) is 50.2 Å². The highest BCUT2D eigenvalue weighted by atomic mass is 35.5. The number of aliphatic hydroxyl groups is 1. The summed E-state index contributed by atoms with van der Waals surface area (Å²) in [6, 6.07) is 10.5. The first-order valence-corrected chi connectivity index (χ1v) is 7.69. The number of amides is 1. The molecule has 1 heterocycles. The zero-order chi connectivity index (χ0) is 17.0. The zero-order valence-corrected chi connectivity index (χ0v) is 14.2. The number of aryl methyl sites for hydroxylation is 1. The minimum Gasteiger partial charge on any atom is -0.478 e. The Balaban J connectivity index is 1.93. The van der Waals surface area contributed by atoms with Crippen molar-refractivity contribution in [2.75, 3.05) is 6.54 Å². The Hall–Kier alpha value is -1.98. The van der Waals surface area contributed by atoms with Crippen molar-refractivity contribution in [1.82, 2.24) is 9.88 Å². The van der Waals surface area contributed by atoms with Crippen molar-refractivity contribution in [1.29, 1.82) is 0 Å². The molecule has 0 spiro atoms. The molecular weight excluding hydrogens is 316 g/mol. The van der Waals surface area contributed by atoms with Gasteiger partial charge in [0, 0.05) is 30.5 Å². The van der Waals surface area contributed by atoms with Crippen LogP contribution in [0.3, 0.4) is 0 Å². The molecule has 1 amide bonds. The molecule has 2 rings (SSSR count). The number of nitrogens with one attached hydrogen (secondary N) is 1. The van der Waals surface area contributed by atoms with E-state index in [0.717, 1.165) is 5.69 Å². The van der Waals surface area contributed by atoms with Gasteiger partial charge in [-0.2, -0.15) is 0 Å². The molecule has 6 heteroatoms. The molecule has 1 aromatic heterocycles. The molecule has 0 saturated heterocycles. The number of nitrogens with zero attached hydrogens (tertiary/aromatic N) is 1. The van der Waals surface area contributed by atoms with Crippen molar-refractivity contribution in [3.8, 4) is 5.75 Å². The molecule has 2 N–H and O–H groups in total. The summed E-state index contributed by atoms with van der Waals surface area (Å²) in [4.78, 5) is 12.3. The van der Waals surface area contributed by atoms with Crippen molar-refractivity contribution >= 4 is 17.5 Å². The normalized spacial score (nSPS) is 12.7. The van der Waals surface area contributed by atoms with Gasteiger partial charge >= 0.3 is 0 Å². The highest BCUT2D eigenvalue weighted by Crippen LogP contribution is 2.21. The minimum absolute atomic E-state index is 0.115. The summed E-state index contributed by atoms with van der Waals surface area (Å²) in [5.74, 6) is 0.248. The van der Waals surface area contributed by atoms with Gasteiger partial charge in [-0.15, -0.1) is 0 Å². The lowest BCUT2D eigenvalue weighted by atomic mass is 10.1. The average Bonchev–Trinajstić information content (AvgIpc) is 2.92. The van der Waals surface area contributed by atoms with Gasteiger partial charge in [0.25, 0.3) is 5.91 Å². The van der Waals surface area contributed by atoms with Crippen molar-refractivity contribution < 1.29 is 14.6 Å². The van der Waals surface area contributed by atoms with Crippen molar-refractivity contribution in [3.05, 3.63) is 53.3 Å². The molecular formula is C17H21ClN2O3. The Kier molecular flexibility index (Phi) is 5.34. The summed E-state index contributed by atoms with van der Waals surface area (Å²) < 4.78 is 7.52. The van der Waals surface area contributed by atoms with Crippen LogP contribution in [-0.2, 0) is 11.8 Å². The van der Waals surface area contributed by atoms with E-state index in [4.69, 9.17) is 16.3 Å². The summed E-state index contributed by atoms with van der Waals surface area (Å²) in [5, 5.41) is 13.5. The van der Waals surface area contributed by atoms with Gasteiger partial charge in [-0.25, -0.2) is 0 Å². The van der Waals surface area contributed by atoms with Gasteiger partial charge in [0.15, 0.2) is 5.60 Å². The quantitative estimate of drug-likeness (QED) is 0.852. The SMILES string of the molecule is Cn1cccc1[C@H](O)CNC(=O)C(C)(C)Oc1ccc(Cl)cc1. The molecule has 0 aliphatic heterocycles. The van der Waals surface area contributed by atoms with Crippen LogP contribution in [-0.4, -0.2) is 27.7 Å². The largest absolute Gasteiger partial charge is 0.478 e. The Morgan fingerprint density at radius 3 is 2.57 bits per heavy atom. The number of aromatic nitrogens is 1. The molecule has 0 aliphatic carbocycles. The molecule has 0 aliphatic rings. The third-order valence-corrected chi connectivity index (χ3v) is 3.77. The second-order valence-electron chi connectivity index (χ2n) is 5.84. The molecule has 1 aromatic carbocycles. The Bertz CT molecular complexity index is 665. The van der Waals surface area contributed by atoms with Crippen LogP contribution in [0.15, 0.2) is 42.6 Å². The zero-order valence-electron chi connectivity index (χ0n) is 13.4. The molecule has 0 bridgehead atoms. The number of hydrogen-bond donors (Lipinski definition) is 2. The van der Waals surface area contributed by atoms with E-state index in [2.05, 4.69) is 5.32 Å². The van der Waals surface area contributed by atoms with Crippen molar-refractivity contribution in [2.24, 2.45) is 7.05 Å². The lowest BCUT2D eigenvalue weighted by molar-refractivity contribution is -0.134. The van der Waals surface area contributed by atoms with E-state index in [-0.39, 0.29) is 12.5 Å². The maximum absolute atomic E-state index is 12.3. The van der Waals surface area contributed by atoms with Crippen LogP contribution in [0.1, 0.15) is 25.6 Å². The van der Waals surface area contributed by atoms with Crippen LogP contribution in [0.4, 0.5) is 0 Å². The smallest absolute Gasteiger partial charge is 0.263 e. The number of benzene rings is 1. The minimum atomic E-state index is -1.07. The number of hydrogen-bond acceptors (Lipinski definition) is 3. The van der Waals surface area contributed by atoms with E-state index >= 15 is 0 Å². The lowest BCUT2D eigenvalue weighted by Crippen LogP contribution is -2.47. The fourth-order valence-corrected chi connectivity index (χ4v) is 2.30. The highest BCUT2D eigenvalue weighted by Gasteiger charge is 2.30. The van der Waals surface area contributed by atoms with E-state index in [9.17, 15) is 9.90 Å². The third-order valence-electron chi connectivity index (χ3n) is 3.51.